The Labute approximate surface area is 187 Å². The fourth-order valence-corrected chi connectivity index (χ4v) is 4.51. The molecule has 2 aromatic rings. The summed E-state index contributed by atoms with van der Waals surface area (Å²) in [5.41, 5.74) is -1.27. The molecule has 174 valence electrons. The Kier molecular flexibility index (Phi) is 7.43. The highest BCUT2D eigenvalue weighted by molar-refractivity contribution is 6.01. The normalized spacial score (nSPS) is 15.0. The Hall–Kier alpha value is -3.03. The molecule has 1 aromatic carbocycles. The zero-order chi connectivity index (χ0) is 23.3. The molecule has 8 nitrogen and oxygen atoms in total. The minimum atomic E-state index is -1.32. The van der Waals surface area contributed by atoms with Crippen molar-refractivity contribution in [3.05, 3.63) is 34.1 Å². The summed E-state index contributed by atoms with van der Waals surface area (Å²) in [6.45, 7) is 2.53. The number of hydrogen-bond donors (Lipinski definition) is 2. The number of carbonyl (C=O) groups excluding carboxylic acids is 1. The van der Waals surface area contributed by atoms with Crippen molar-refractivity contribution in [1.29, 1.82) is 0 Å². The molecule has 1 aliphatic carbocycles. The molecule has 8 heteroatoms. The van der Waals surface area contributed by atoms with Crippen LogP contribution in [0.3, 0.4) is 0 Å². The Balaban J connectivity index is 2.11. The van der Waals surface area contributed by atoms with Crippen molar-refractivity contribution >= 4 is 22.8 Å². The number of amides is 1. The maximum absolute atomic E-state index is 13.5. The summed E-state index contributed by atoms with van der Waals surface area (Å²) >= 11 is 0. The van der Waals surface area contributed by atoms with Crippen LogP contribution in [0.4, 0.5) is 0 Å². The van der Waals surface area contributed by atoms with E-state index in [9.17, 15) is 19.5 Å². The molecule has 1 fully saturated rings. The zero-order valence-corrected chi connectivity index (χ0v) is 19.0. The van der Waals surface area contributed by atoms with E-state index >= 15 is 0 Å². The van der Waals surface area contributed by atoms with Crippen molar-refractivity contribution in [2.75, 3.05) is 14.2 Å². The molecule has 32 heavy (non-hydrogen) atoms. The monoisotopic (exact) mass is 444 g/mol. The second-order valence-corrected chi connectivity index (χ2v) is 8.36. The molecule has 1 aromatic heterocycles. The number of ether oxygens (including phenoxy) is 2. The van der Waals surface area contributed by atoms with Gasteiger partial charge in [-0.05, 0) is 37.5 Å². The number of aliphatic carboxylic acids is 1. The predicted molar refractivity (Wildman–Crippen MR) is 122 cm³/mol. The van der Waals surface area contributed by atoms with Gasteiger partial charge in [-0.2, -0.15) is 0 Å². The van der Waals surface area contributed by atoms with Gasteiger partial charge in [0, 0.05) is 11.9 Å². The van der Waals surface area contributed by atoms with Crippen LogP contribution in [0.25, 0.3) is 10.9 Å². The lowest BCUT2D eigenvalue weighted by atomic mass is 9.97. The fourth-order valence-electron chi connectivity index (χ4n) is 4.51. The molecule has 2 N–H and O–H groups in total. The van der Waals surface area contributed by atoms with Gasteiger partial charge in [-0.1, -0.05) is 39.0 Å². The third-order valence-corrected chi connectivity index (χ3v) is 6.30. The molecule has 0 unspecified atom stereocenters. The Morgan fingerprint density at radius 2 is 1.84 bits per heavy atom. The number of pyridine rings is 1. The standard InChI is InChI=1S/C24H32N2O6/c1-4-5-6-9-14-26-19-16(10-11-18(31-2)20(19)32-3)15-17(22(26)28)21(27)25-24(23(29)30)12-7-8-13-24/h10-11,15H,4-9,12-14H2,1-3H3,(H,25,27)(H,29,30). The number of methoxy groups -OCH3 is 2. The van der Waals surface area contributed by atoms with Crippen molar-refractivity contribution in [2.45, 2.75) is 70.4 Å². The van der Waals surface area contributed by atoms with Crippen LogP contribution >= 0.6 is 0 Å². The van der Waals surface area contributed by atoms with Crippen LogP contribution in [-0.2, 0) is 11.3 Å². The van der Waals surface area contributed by atoms with Crippen LogP contribution in [0.2, 0.25) is 0 Å². The molecule has 1 heterocycles. The molecule has 0 bridgehead atoms. The van der Waals surface area contributed by atoms with Crippen LogP contribution in [0, 0.1) is 0 Å². The maximum atomic E-state index is 13.5. The van der Waals surface area contributed by atoms with E-state index in [0.717, 1.165) is 38.5 Å². The van der Waals surface area contributed by atoms with Crippen molar-refractivity contribution < 1.29 is 24.2 Å². The number of nitrogens with zero attached hydrogens (tertiary/aromatic N) is 1. The highest BCUT2D eigenvalue weighted by Gasteiger charge is 2.43. The maximum Gasteiger partial charge on any atom is 0.329 e. The number of carbonyl (C=O) groups is 2. The number of hydrogen-bond acceptors (Lipinski definition) is 5. The Morgan fingerprint density at radius 1 is 1.12 bits per heavy atom. The number of rotatable bonds is 10. The average molecular weight is 445 g/mol. The quantitative estimate of drug-likeness (QED) is 0.541. The minimum Gasteiger partial charge on any atom is -0.493 e. The Morgan fingerprint density at radius 3 is 2.44 bits per heavy atom. The van der Waals surface area contributed by atoms with E-state index in [1.54, 1.807) is 16.7 Å². The number of carboxylic acid groups (broad SMARTS) is 1. The minimum absolute atomic E-state index is 0.0623. The number of nitrogens with one attached hydrogen (secondary N) is 1. The summed E-state index contributed by atoms with van der Waals surface area (Å²) in [6.07, 6.45) is 6.01. The van der Waals surface area contributed by atoms with E-state index in [4.69, 9.17) is 9.47 Å². The van der Waals surface area contributed by atoms with Crippen molar-refractivity contribution in [3.8, 4) is 11.5 Å². The first-order valence-corrected chi connectivity index (χ1v) is 11.2. The van der Waals surface area contributed by atoms with E-state index in [0.29, 0.717) is 41.8 Å². The van der Waals surface area contributed by atoms with Crippen LogP contribution in [0.15, 0.2) is 23.0 Å². The van der Waals surface area contributed by atoms with Gasteiger partial charge in [0.2, 0.25) is 0 Å². The van der Waals surface area contributed by atoms with E-state index in [2.05, 4.69) is 12.2 Å². The molecule has 0 spiro atoms. The van der Waals surface area contributed by atoms with Crippen LogP contribution in [0.5, 0.6) is 11.5 Å². The first-order chi connectivity index (χ1) is 15.4. The van der Waals surface area contributed by atoms with Gasteiger partial charge in [-0.25, -0.2) is 4.79 Å². The molecular formula is C24H32N2O6. The number of aryl methyl sites for hydroxylation is 1. The molecule has 0 atom stereocenters. The Bertz CT molecular complexity index is 1050. The third-order valence-electron chi connectivity index (χ3n) is 6.30. The lowest BCUT2D eigenvalue weighted by Crippen LogP contribution is -2.53. The number of aromatic nitrogens is 1. The topological polar surface area (TPSA) is 107 Å². The van der Waals surface area contributed by atoms with Gasteiger partial charge in [0.25, 0.3) is 11.5 Å². The van der Waals surface area contributed by atoms with Gasteiger partial charge >= 0.3 is 5.97 Å². The molecule has 0 aliphatic heterocycles. The molecule has 0 radical (unpaired) electrons. The molecule has 1 aliphatic rings. The zero-order valence-electron chi connectivity index (χ0n) is 19.0. The largest absolute Gasteiger partial charge is 0.493 e. The van der Waals surface area contributed by atoms with Gasteiger partial charge in [0.1, 0.15) is 11.1 Å². The second kappa shape index (κ2) is 10.1. The van der Waals surface area contributed by atoms with Gasteiger partial charge in [0.05, 0.1) is 19.7 Å². The lowest BCUT2D eigenvalue weighted by molar-refractivity contribution is -0.144. The summed E-state index contributed by atoms with van der Waals surface area (Å²) < 4.78 is 12.5. The average Bonchev–Trinajstić information content (AvgIpc) is 3.26. The predicted octanol–water partition coefficient (Wildman–Crippen LogP) is 3.73. The van der Waals surface area contributed by atoms with Gasteiger partial charge < -0.3 is 24.5 Å². The van der Waals surface area contributed by atoms with Crippen LogP contribution in [0.1, 0.15) is 68.6 Å². The van der Waals surface area contributed by atoms with Gasteiger partial charge in [0.15, 0.2) is 11.5 Å². The summed E-state index contributed by atoms with van der Waals surface area (Å²) in [4.78, 5) is 38.5. The molecule has 0 saturated heterocycles. The summed E-state index contributed by atoms with van der Waals surface area (Å²) in [5.74, 6) is -0.786. The van der Waals surface area contributed by atoms with Crippen LogP contribution < -0.4 is 20.3 Å². The first kappa shape index (κ1) is 23.6. The number of benzene rings is 1. The van der Waals surface area contributed by atoms with Crippen molar-refractivity contribution in [1.82, 2.24) is 9.88 Å². The van der Waals surface area contributed by atoms with Crippen molar-refractivity contribution in [2.24, 2.45) is 0 Å². The summed E-state index contributed by atoms with van der Waals surface area (Å²) in [6, 6.07) is 5.02. The van der Waals surface area contributed by atoms with Gasteiger partial charge in [-0.15, -0.1) is 0 Å². The summed E-state index contributed by atoms with van der Waals surface area (Å²) in [7, 11) is 3.04. The first-order valence-electron chi connectivity index (χ1n) is 11.2. The van der Waals surface area contributed by atoms with Crippen LogP contribution in [-0.4, -0.2) is 41.3 Å². The summed E-state index contributed by atoms with van der Waals surface area (Å²) in [5, 5.41) is 13.0. The molecule has 3 rings (SSSR count). The SMILES string of the molecule is CCCCCCn1c(=O)c(C(=O)NC2(C(=O)O)CCCC2)cc2ccc(OC)c(OC)c21. The van der Waals surface area contributed by atoms with E-state index in [1.807, 2.05) is 0 Å². The highest BCUT2D eigenvalue weighted by atomic mass is 16.5. The smallest absolute Gasteiger partial charge is 0.329 e. The molecule has 1 saturated carbocycles. The molecular weight excluding hydrogens is 412 g/mol. The van der Waals surface area contributed by atoms with Crippen molar-refractivity contribution in [3.63, 3.8) is 0 Å². The fraction of sp³-hybridized carbons (Fsp3) is 0.542. The van der Waals surface area contributed by atoms with E-state index < -0.39 is 23.0 Å². The highest BCUT2D eigenvalue weighted by Crippen LogP contribution is 2.35. The van der Waals surface area contributed by atoms with E-state index in [1.165, 1.54) is 20.3 Å². The van der Waals surface area contributed by atoms with E-state index in [-0.39, 0.29) is 5.56 Å². The number of fused-ring (bicyclic) bond motifs is 1. The lowest BCUT2D eigenvalue weighted by Gasteiger charge is -2.25. The molecule has 1 amide bonds. The second-order valence-electron chi connectivity index (χ2n) is 8.36. The number of carboxylic acids is 1. The van der Waals surface area contributed by atoms with Gasteiger partial charge in [-0.3, -0.25) is 9.59 Å². The number of unbranched alkanes of at least 4 members (excludes halogenated alkanes) is 3. The third kappa shape index (κ3) is 4.45.